The van der Waals surface area contributed by atoms with Crippen LogP contribution in [0, 0.1) is 17.5 Å². The number of ether oxygens (including phenoxy) is 1. The Labute approximate surface area is 111 Å². The van der Waals surface area contributed by atoms with Crippen LogP contribution < -0.4 is 10.6 Å². The number of aliphatic carboxylic acids is 1. The number of rotatable bonds is 6. The number of carboxylic acids is 1. The van der Waals surface area contributed by atoms with E-state index in [1.165, 1.54) is 0 Å². The number of amides is 2. The first kappa shape index (κ1) is 15.8. The van der Waals surface area contributed by atoms with Gasteiger partial charge in [-0.05, 0) is 0 Å². The Morgan fingerprint density at radius 3 is 2.35 bits per heavy atom. The van der Waals surface area contributed by atoms with Crippen LogP contribution in [0.4, 0.5) is 23.7 Å². The number of benzene rings is 1. The van der Waals surface area contributed by atoms with Gasteiger partial charge in [0.25, 0.3) is 0 Å². The van der Waals surface area contributed by atoms with Crippen LogP contribution in [-0.2, 0) is 9.53 Å². The highest BCUT2D eigenvalue weighted by Gasteiger charge is 2.13. The van der Waals surface area contributed by atoms with Gasteiger partial charge in [-0.2, -0.15) is 0 Å². The Kier molecular flexibility index (Phi) is 5.78. The molecule has 0 heterocycles. The maximum atomic E-state index is 13.2. The molecule has 9 heteroatoms. The predicted molar refractivity (Wildman–Crippen MR) is 61.8 cm³/mol. The number of anilines is 1. The molecule has 0 aliphatic carbocycles. The van der Waals surface area contributed by atoms with Crippen LogP contribution in [0.3, 0.4) is 0 Å². The zero-order chi connectivity index (χ0) is 15.1. The van der Waals surface area contributed by atoms with Gasteiger partial charge in [0.1, 0.15) is 18.1 Å². The summed E-state index contributed by atoms with van der Waals surface area (Å²) >= 11 is 0. The summed E-state index contributed by atoms with van der Waals surface area (Å²) in [7, 11) is 0. The monoisotopic (exact) mass is 292 g/mol. The minimum absolute atomic E-state index is 0.0659. The molecule has 1 aromatic carbocycles. The first-order chi connectivity index (χ1) is 9.40. The average Bonchev–Trinajstić information content (AvgIpc) is 2.33. The second-order valence-electron chi connectivity index (χ2n) is 3.57. The van der Waals surface area contributed by atoms with Crippen molar-refractivity contribution in [1.82, 2.24) is 5.32 Å². The van der Waals surface area contributed by atoms with E-state index < -0.39 is 41.7 Å². The van der Waals surface area contributed by atoms with E-state index in [1.54, 1.807) is 0 Å². The summed E-state index contributed by atoms with van der Waals surface area (Å²) in [5.74, 6) is -4.77. The highest BCUT2D eigenvalue weighted by molar-refractivity contribution is 5.89. The Hall–Kier alpha value is -2.29. The molecule has 3 N–H and O–H groups in total. The molecule has 20 heavy (non-hydrogen) atoms. The third-order valence-corrected chi connectivity index (χ3v) is 2.00. The van der Waals surface area contributed by atoms with E-state index in [4.69, 9.17) is 5.11 Å². The molecule has 0 saturated heterocycles. The average molecular weight is 292 g/mol. The van der Waals surface area contributed by atoms with Crippen LogP contribution in [0.1, 0.15) is 0 Å². The number of urea groups is 1. The number of carbonyl (C=O) groups is 2. The molecule has 110 valence electrons. The number of carboxylic acid groups (broad SMARTS) is 1. The van der Waals surface area contributed by atoms with Crippen molar-refractivity contribution in [1.29, 1.82) is 0 Å². The van der Waals surface area contributed by atoms with Gasteiger partial charge in [-0.15, -0.1) is 0 Å². The van der Waals surface area contributed by atoms with Crippen molar-refractivity contribution in [2.24, 2.45) is 0 Å². The quantitative estimate of drug-likeness (QED) is 0.690. The van der Waals surface area contributed by atoms with Gasteiger partial charge in [0.15, 0.2) is 11.6 Å². The fourth-order valence-electron chi connectivity index (χ4n) is 1.22. The molecular formula is C11H11F3N2O4. The lowest BCUT2D eigenvalue weighted by Crippen LogP contribution is -2.32. The third-order valence-electron chi connectivity index (χ3n) is 2.00. The second-order valence-corrected chi connectivity index (χ2v) is 3.57. The minimum Gasteiger partial charge on any atom is -0.480 e. The molecule has 0 aromatic heterocycles. The smallest absolute Gasteiger partial charge is 0.329 e. The van der Waals surface area contributed by atoms with Crippen molar-refractivity contribution in [3.8, 4) is 0 Å². The normalized spacial score (nSPS) is 10.2. The molecular weight excluding hydrogens is 281 g/mol. The molecule has 2 amide bonds. The molecule has 0 unspecified atom stereocenters. The maximum Gasteiger partial charge on any atom is 0.329 e. The van der Waals surface area contributed by atoms with Gasteiger partial charge in [-0.25, -0.2) is 22.8 Å². The fourth-order valence-corrected chi connectivity index (χ4v) is 1.22. The van der Waals surface area contributed by atoms with Gasteiger partial charge in [-0.1, -0.05) is 0 Å². The maximum absolute atomic E-state index is 13.2. The molecule has 0 atom stereocenters. The number of hydrogen-bond acceptors (Lipinski definition) is 3. The van der Waals surface area contributed by atoms with Crippen molar-refractivity contribution < 1.29 is 32.6 Å². The topological polar surface area (TPSA) is 87.7 Å². The van der Waals surface area contributed by atoms with Gasteiger partial charge in [-0.3, -0.25) is 0 Å². The summed E-state index contributed by atoms with van der Waals surface area (Å²) in [6.07, 6.45) is 0. The highest BCUT2D eigenvalue weighted by atomic mass is 19.1. The van der Waals surface area contributed by atoms with Gasteiger partial charge in [0.05, 0.1) is 6.61 Å². The van der Waals surface area contributed by atoms with Gasteiger partial charge < -0.3 is 20.5 Å². The number of hydrogen-bond donors (Lipinski definition) is 3. The Morgan fingerprint density at radius 2 is 1.80 bits per heavy atom. The van der Waals surface area contributed by atoms with E-state index in [0.717, 1.165) is 0 Å². The summed E-state index contributed by atoms with van der Waals surface area (Å²) < 4.78 is 43.6. The first-order valence-electron chi connectivity index (χ1n) is 5.39. The summed E-state index contributed by atoms with van der Waals surface area (Å²) in [5, 5.41) is 12.3. The minimum atomic E-state index is -1.25. The molecule has 0 radical (unpaired) electrons. The van der Waals surface area contributed by atoms with Crippen molar-refractivity contribution >= 4 is 17.7 Å². The summed E-state index contributed by atoms with van der Waals surface area (Å²) in [6.45, 7) is -0.678. The van der Waals surface area contributed by atoms with E-state index >= 15 is 0 Å². The van der Waals surface area contributed by atoms with E-state index in [9.17, 15) is 22.8 Å². The summed E-state index contributed by atoms with van der Waals surface area (Å²) in [4.78, 5) is 21.4. The van der Waals surface area contributed by atoms with Crippen LogP contribution in [0.2, 0.25) is 0 Å². The van der Waals surface area contributed by atoms with Crippen molar-refractivity contribution in [3.63, 3.8) is 0 Å². The van der Waals surface area contributed by atoms with Gasteiger partial charge in [0.2, 0.25) is 0 Å². The SMILES string of the molecule is O=C(O)COCCNC(=O)Nc1c(F)cc(F)cc1F. The third kappa shape index (κ3) is 5.14. The van der Waals surface area contributed by atoms with Gasteiger partial charge in [0, 0.05) is 18.7 Å². The second kappa shape index (κ2) is 7.34. The highest BCUT2D eigenvalue weighted by Crippen LogP contribution is 2.19. The molecule has 0 spiro atoms. The lowest BCUT2D eigenvalue weighted by molar-refractivity contribution is -0.142. The zero-order valence-electron chi connectivity index (χ0n) is 10.1. The number of halogens is 3. The van der Waals surface area contributed by atoms with E-state index in [-0.39, 0.29) is 13.2 Å². The van der Waals surface area contributed by atoms with Crippen LogP contribution in [-0.4, -0.2) is 36.9 Å². The molecule has 1 rings (SSSR count). The van der Waals surface area contributed by atoms with Gasteiger partial charge >= 0.3 is 12.0 Å². The van der Waals surface area contributed by atoms with Crippen molar-refractivity contribution in [2.45, 2.75) is 0 Å². The molecule has 0 fully saturated rings. The van der Waals surface area contributed by atoms with Crippen molar-refractivity contribution in [3.05, 3.63) is 29.6 Å². The Bertz CT molecular complexity index is 487. The summed E-state index contributed by atoms with van der Waals surface area (Å²) in [6, 6.07) is -0.0862. The predicted octanol–water partition coefficient (Wildman–Crippen LogP) is 1.33. The molecule has 0 aliphatic rings. The molecule has 6 nitrogen and oxygen atoms in total. The Morgan fingerprint density at radius 1 is 1.20 bits per heavy atom. The molecule has 1 aromatic rings. The lowest BCUT2D eigenvalue weighted by Gasteiger charge is -2.09. The van der Waals surface area contributed by atoms with E-state index in [1.807, 2.05) is 5.32 Å². The van der Waals surface area contributed by atoms with E-state index in [0.29, 0.717) is 12.1 Å². The van der Waals surface area contributed by atoms with Crippen LogP contribution >= 0.6 is 0 Å². The number of nitrogens with one attached hydrogen (secondary N) is 2. The fraction of sp³-hybridized carbons (Fsp3) is 0.273. The van der Waals surface area contributed by atoms with Crippen LogP contribution in [0.5, 0.6) is 0 Å². The molecule has 0 bridgehead atoms. The summed E-state index contributed by atoms with van der Waals surface area (Å²) in [5.41, 5.74) is -0.782. The first-order valence-corrected chi connectivity index (χ1v) is 5.39. The number of carbonyl (C=O) groups excluding carboxylic acids is 1. The largest absolute Gasteiger partial charge is 0.480 e. The van der Waals surface area contributed by atoms with E-state index in [2.05, 4.69) is 10.1 Å². The Balaban J connectivity index is 2.41. The standard InChI is InChI=1S/C11H11F3N2O4/c12-6-3-7(13)10(8(14)4-6)16-11(19)15-1-2-20-5-9(17)18/h3-4H,1-2,5H2,(H,17,18)(H2,15,16,19). The van der Waals surface area contributed by atoms with Crippen LogP contribution in [0.25, 0.3) is 0 Å². The van der Waals surface area contributed by atoms with Crippen LogP contribution in [0.15, 0.2) is 12.1 Å². The molecule has 0 aliphatic heterocycles. The molecule has 0 saturated carbocycles. The lowest BCUT2D eigenvalue weighted by atomic mass is 10.3. The zero-order valence-corrected chi connectivity index (χ0v) is 10.1. The van der Waals surface area contributed by atoms with Crippen molar-refractivity contribution in [2.75, 3.05) is 25.1 Å².